The van der Waals surface area contributed by atoms with Gasteiger partial charge in [-0.1, -0.05) is 13.8 Å². The molecule has 5 nitrogen and oxygen atoms in total. The molecule has 1 aliphatic heterocycles. The smallest absolute Gasteiger partial charge is 0.336 e. The number of likely N-dealkylation sites (tertiary alicyclic amines) is 1. The maximum absolute atomic E-state index is 12.0. The van der Waals surface area contributed by atoms with E-state index in [0.29, 0.717) is 18.0 Å². The molecular weight excluding hydrogens is 330 g/mol. The third-order valence-corrected chi connectivity index (χ3v) is 5.35. The lowest BCUT2D eigenvalue weighted by atomic mass is 9.94. The number of methoxy groups -OCH3 is 1. The molecule has 26 heavy (non-hydrogen) atoms. The van der Waals surface area contributed by atoms with Crippen LogP contribution < -0.4 is 5.63 Å². The maximum Gasteiger partial charge on any atom is 0.336 e. The molecule has 1 aliphatic rings. The van der Waals surface area contributed by atoms with Crippen molar-refractivity contribution in [1.29, 1.82) is 0 Å². The standard InChI is InChI=1S/C21H27NO4/c1-13(2)17-11-18-16(10-20(23)26-19(18)9-14(17)3)12-22-7-5-15(6-8-22)21(24)25-4/h9-11,13,15H,5-8,12H2,1-4H3. The Kier molecular flexibility index (Phi) is 5.47. The molecule has 1 saturated heterocycles. The Balaban J connectivity index is 1.87. The summed E-state index contributed by atoms with van der Waals surface area (Å²) in [4.78, 5) is 26.0. The lowest BCUT2D eigenvalue weighted by Gasteiger charge is -2.30. The van der Waals surface area contributed by atoms with Crippen LogP contribution in [0.2, 0.25) is 0 Å². The molecule has 1 fully saturated rings. The van der Waals surface area contributed by atoms with Crippen LogP contribution in [0.15, 0.2) is 27.4 Å². The van der Waals surface area contributed by atoms with Crippen molar-refractivity contribution >= 4 is 16.9 Å². The van der Waals surface area contributed by atoms with Crippen molar-refractivity contribution in [3.8, 4) is 0 Å². The van der Waals surface area contributed by atoms with Gasteiger partial charge in [-0.15, -0.1) is 0 Å². The van der Waals surface area contributed by atoms with Gasteiger partial charge in [0.15, 0.2) is 0 Å². The number of carbonyl (C=O) groups is 1. The molecule has 2 heterocycles. The summed E-state index contributed by atoms with van der Waals surface area (Å²) in [6.45, 7) is 8.74. The van der Waals surface area contributed by atoms with Gasteiger partial charge in [0.1, 0.15) is 5.58 Å². The number of fused-ring (bicyclic) bond motifs is 1. The minimum Gasteiger partial charge on any atom is -0.469 e. The van der Waals surface area contributed by atoms with E-state index in [1.807, 2.05) is 6.07 Å². The first kappa shape index (κ1) is 18.6. The molecule has 0 bridgehead atoms. The van der Waals surface area contributed by atoms with Crippen molar-refractivity contribution < 1.29 is 13.9 Å². The number of hydrogen-bond acceptors (Lipinski definition) is 5. The number of aryl methyl sites for hydroxylation is 1. The van der Waals surface area contributed by atoms with E-state index < -0.39 is 0 Å². The SMILES string of the molecule is COC(=O)C1CCN(Cc2cc(=O)oc3cc(C)c(C(C)C)cc23)CC1. The number of esters is 1. The van der Waals surface area contributed by atoms with Crippen LogP contribution >= 0.6 is 0 Å². The van der Waals surface area contributed by atoms with Crippen molar-refractivity contribution in [2.24, 2.45) is 5.92 Å². The molecule has 2 aromatic rings. The lowest BCUT2D eigenvalue weighted by Crippen LogP contribution is -2.36. The third kappa shape index (κ3) is 3.83. The predicted octanol–water partition coefficient (Wildman–Crippen LogP) is 3.61. The highest BCUT2D eigenvalue weighted by Gasteiger charge is 2.26. The van der Waals surface area contributed by atoms with E-state index in [4.69, 9.17) is 9.15 Å². The van der Waals surface area contributed by atoms with E-state index in [-0.39, 0.29) is 17.5 Å². The number of ether oxygens (including phenoxy) is 1. The molecule has 0 unspecified atom stereocenters. The van der Waals surface area contributed by atoms with Gasteiger partial charge < -0.3 is 9.15 Å². The fourth-order valence-corrected chi connectivity index (χ4v) is 3.88. The molecule has 3 rings (SSSR count). The first-order valence-corrected chi connectivity index (χ1v) is 9.26. The summed E-state index contributed by atoms with van der Waals surface area (Å²) in [6.07, 6.45) is 1.59. The Morgan fingerprint density at radius 1 is 1.27 bits per heavy atom. The van der Waals surface area contributed by atoms with Crippen molar-refractivity contribution in [2.45, 2.75) is 46.1 Å². The Hall–Kier alpha value is -2.14. The summed E-state index contributed by atoms with van der Waals surface area (Å²) in [5, 5.41) is 1.01. The fraction of sp³-hybridized carbons (Fsp3) is 0.524. The summed E-state index contributed by atoms with van der Waals surface area (Å²) < 4.78 is 10.3. The Morgan fingerprint density at radius 3 is 2.58 bits per heavy atom. The van der Waals surface area contributed by atoms with Crippen LogP contribution in [0, 0.1) is 12.8 Å². The van der Waals surface area contributed by atoms with Gasteiger partial charge >= 0.3 is 11.6 Å². The fourth-order valence-electron chi connectivity index (χ4n) is 3.88. The molecule has 5 heteroatoms. The van der Waals surface area contributed by atoms with Crippen LogP contribution in [0.5, 0.6) is 0 Å². The van der Waals surface area contributed by atoms with Crippen LogP contribution in [-0.2, 0) is 16.1 Å². The zero-order valence-corrected chi connectivity index (χ0v) is 16.0. The summed E-state index contributed by atoms with van der Waals surface area (Å²) in [7, 11) is 1.44. The molecule has 0 saturated carbocycles. The van der Waals surface area contributed by atoms with Crippen LogP contribution in [0.1, 0.15) is 49.3 Å². The Bertz CT molecular complexity index is 860. The van der Waals surface area contributed by atoms with Crippen LogP contribution in [0.25, 0.3) is 11.0 Å². The molecule has 0 spiro atoms. The molecule has 1 aromatic carbocycles. The molecule has 0 N–H and O–H groups in total. The van der Waals surface area contributed by atoms with Crippen LogP contribution in [-0.4, -0.2) is 31.1 Å². The van der Waals surface area contributed by atoms with Gasteiger partial charge in [0.2, 0.25) is 0 Å². The van der Waals surface area contributed by atoms with Crippen molar-refractivity contribution in [3.63, 3.8) is 0 Å². The number of piperidine rings is 1. The van der Waals surface area contributed by atoms with Gasteiger partial charge in [-0.25, -0.2) is 4.79 Å². The van der Waals surface area contributed by atoms with E-state index in [1.165, 1.54) is 12.7 Å². The van der Waals surface area contributed by atoms with Crippen molar-refractivity contribution in [3.05, 3.63) is 45.3 Å². The second-order valence-corrected chi connectivity index (χ2v) is 7.52. The molecule has 0 aliphatic carbocycles. The van der Waals surface area contributed by atoms with Gasteiger partial charge in [-0.05, 0) is 67.6 Å². The number of rotatable bonds is 4. The Labute approximate surface area is 153 Å². The van der Waals surface area contributed by atoms with Gasteiger partial charge in [0, 0.05) is 18.0 Å². The van der Waals surface area contributed by atoms with Crippen LogP contribution in [0.4, 0.5) is 0 Å². The van der Waals surface area contributed by atoms with E-state index in [1.54, 1.807) is 6.07 Å². The Morgan fingerprint density at radius 2 is 1.96 bits per heavy atom. The number of hydrogen-bond donors (Lipinski definition) is 0. The molecular formula is C21H27NO4. The van der Waals surface area contributed by atoms with Crippen LogP contribution in [0.3, 0.4) is 0 Å². The quantitative estimate of drug-likeness (QED) is 0.618. The monoisotopic (exact) mass is 357 g/mol. The van der Waals surface area contributed by atoms with Gasteiger partial charge in [-0.2, -0.15) is 0 Å². The van der Waals surface area contributed by atoms with Gasteiger partial charge in [0.25, 0.3) is 0 Å². The zero-order valence-electron chi connectivity index (χ0n) is 16.0. The highest BCUT2D eigenvalue weighted by molar-refractivity contribution is 5.82. The molecule has 0 amide bonds. The summed E-state index contributed by atoms with van der Waals surface area (Å²) in [6, 6.07) is 5.74. The number of carbonyl (C=O) groups excluding carboxylic acids is 1. The van der Waals surface area contributed by atoms with E-state index in [2.05, 4.69) is 31.7 Å². The largest absolute Gasteiger partial charge is 0.469 e. The van der Waals surface area contributed by atoms with Crippen molar-refractivity contribution in [1.82, 2.24) is 4.90 Å². The summed E-state index contributed by atoms with van der Waals surface area (Å²) >= 11 is 0. The van der Waals surface area contributed by atoms with E-state index >= 15 is 0 Å². The summed E-state index contributed by atoms with van der Waals surface area (Å²) in [5.74, 6) is 0.284. The highest BCUT2D eigenvalue weighted by atomic mass is 16.5. The average molecular weight is 357 g/mol. The first-order chi connectivity index (χ1) is 12.4. The number of nitrogens with zero attached hydrogens (tertiary/aromatic N) is 1. The highest BCUT2D eigenvalue weighted by Crippen LogP contribution is 2.28. The average Bonchev–Trinajstić information content (AvgIpc) is 2.60. The van der Waals surface area contributed by atoms with E-state index in [9.17, 15) is 9.59 Å². The molecule has 0 radical (unpaired) electrons. The lowest BCUT2D eigenvalue weighted by molar-refractivity contribution is -0.147. The van der Waals surface area contributed by atoms with Crippen molar-refractivity contribution in [2.75, 3.05) is 20.2 Å². The van der Waals surface area contributed by atoms with Gasteiger partial charge in [-0.3, -0.25) is 9.69 Å². The minimum atomic E-state index is -0.311. The summed E-state index contributed by atoms with van der Waals surface area (Å²) in [5.41, 5.74) is 3.76. The van der Waals surface area contributed by atoms with Gasteiger partial charge in [0.05, 0.1) is 13.0 Å². The normalized spacial score (nSPS) is 16.3. The van der Waals surface area contributed by atoms with E-state index in [0.717, 1.165) is 42.4 Å². The third-order valence-electron chi connectivity index (χ3n) is 5.35. The molecule has 140 valence electrons. The zero-order chi connectivity index (χ0) is 18.8. The predicted molar refractivity (Wildman–Crippen MR) is 101 cm³/mol. The maximum atomic E-state index is 12.0. The second kappa shape index (κ2) is 7.62. The number of benzene rings is 1. The first-order valence-electron chi connectivity index (χ1n) is 9.26. The second-order valence-electron chi connectivity index (χ2n) is 7.52. The molecule has 1 aromatic heterocycles. The minimum absolute atomic E-state index is 0.0102. The topological polar surface area (TPSA) is 59.8 Å². The molecule has 0 atom stereocenters.